The minimum Gasteiger partial charge on any atom is -0.268 e. The Kier molecular flexibility index (Phi) is 5.07. The van der Waals surface area contributed by atoms with E-state index in [4.69, 9.17) is 16.6 Å². The topological polar surface area (TPSA) is 34.9 Å². The highest BCUT2D eigenvalue weighted by Crippen LogP contribution is 2.31. The summed E-state index contributed by atoms with van der Waals surface area (Å²) in [5.74, 6) is 1.01. The van der Waals surface area contributed by atoms with E-state index in [0.717, 1.165) is 17.9 Å². The summed E-state index contributed by atoms with van der Waals surface area (Å²) in [4.78, 5) is 18.4. The fourth-order valence-corrected chi connectivity index (χ4v) is 4.93. The molecular weight excluding hydrogens is 391 g/mol. The zero-order chi connectivity index (χ0) is 18.1. The summed E-state index contributed by atoms with van der Waals surface area (Å²) in [6.45, 7) is 0. The molecule has 0 bridgehead atoms. The molecule has 0 radical (unpaired) electrons. The van der Waals surface area contributed by atoms with Gasteiger partial charge < -0.3 is 0 Å². The van der Waals surface area contributed by atoms with Crippen LogP contribution < -0.4 is 5.56 Å². The lowest BCUT2D eigenvalue weighted by Crippen LogP contribution is -2.23. The molecule has 132 valence electrons. The molecule has 3 nitrogen and oxygen atoms in total. The lowest BCUT2D eigenvalue weighted by molar-refractivity contribution is 0.617. The van der Waals surface area contributed by atoms with E-state index in [0.29, 0.717) is 32.1 Å². The first kappa shape index (κ1) is 17.6. The van der Waals surface area contributed by atoms with Crippen molar-refractivity contribution in [3.8, 4) is 5.69 Å². The zero-order valence-electron chi connectivity index (χ0n) is 13.6. The number of aromatic nitrogens is 2. The molecule has 0 amide bonds. The normalized spacial score (nSPS) is 13.0. The maximum atomic E-state index is 13.9. The maximum absolute atomic E-state index is 13.9. The van der Waals surface area contributed by atoms with Gasteiger partial charge >= 0.3 is 0 Å². The van der Waals surface area contributed by atoms with Gasteiger partial charge in [-0.05, 0) is 35.9 Å². The molecular formula is C19H14ClFN2OS2. The van der Waals surface area contributed by atoms with Crippen LogP contribution in [0.4, 0.5) is 4.39 Å². The minimum atomic E-state index is -0.253. The van der Waals surface area contributed by atoms with Gasteiger partial charge in [-0.25, -0.2) is 9.37 Å². The predicted molar refractivity (Wildman–Crippen MR) is 105 cm³/mol. The van der Waals surface area contributed by atoms with E-state index < -0.39 is 0 Å². The van der Waals surface area contributed by atoms with Gasteiger partial charge in [-0.2, -0.15) is 0 Å². The molecule has 0 fully saturated rings. The van der Waals surface area contributed by atoms with Crippen molar-refractivity contribution in [2.45, 2.75) is 22.2 Å². The molecule has 1 aliphatic heterocycles. The highest BCUT2D eigenvalue weighted by Gasteiger charge is 2.22. The lowest BCUT2D eigenvalue weighted by atomic mass is 10.2. The van der Waals surface area contributed by atoms with E-state index >= 15 is 0 Å². The number of fused-ring (bicyclic) bond motifs is 1. The summed E-state index contributed by atoms with van der Waals surface area (Å²) in [6.07, 6.45) is 0.782. The quantitative estimate of drug-likeness (QED) is 0.454. The number of aryl methyl sites for hydroxylation is 1. The summed E-state index contributed by atoms with van der Waals surface area (Å²) < 4.78 is 15.5. The van der Waals surface area contributed by atoms with Crippen molar-refractivity contribution in [3.05, 3.63) is 81.0 Å². The van der Waals surface area contributed by atoms with Gasteiger partial charge in [0.15, 0.2) is 5.16 Å². The molecule has 3 aromatic rings. The average Bonchev–Trinajstić information content (AvgIpc) is 3.11. The molecule has 0 spiro atoms. The molecule has 2 aromatic carbocycles. The molecule has 0 saturated carbocycles. The van der Waals surface area contributed by atoms with Gasteiger partial charge in [-0.1, -0.05) is 41.6 Å². The first-order chi connectivity index (χ1) is 12.6. The summed E-state index contributed by atoms with van der Waals surface area (Å²) in [6, 6.07) is 13.7. The van der Waals surface area contributed by atoms with Crippen LogP contribution in [0, 0.1) is 5.82 Å². The van der Waals surface area contributed by atoms with Crippen LogP contribution in [0.2, 0.25) is 5.02 Å². The molecule has 0 saturated heterocycles. The SMILES string of the molecule is O=c1c2c(nc(SCc3ccccc3F)n1-c1ccc(Cl)cc1)CCS2. The lowest BCUT2D eigenvalue weighted by Gasteiger charge is -2.14. The van der Waals surface area contributed by atoms with Crippen molar-refractivity contribution in [1.82, 2.24) is 9.55 Å². The van der Waals surface area contributed by atoms with E-state index in [2.05, 4.69) is 0 Å². The highest BCUT2D eigenvalue weighted by molar-refractivity contribution is 7.99. The van der Waals surface area contributed by atoms with Gasteiger partial charge in [-0.3, -0.25) is 9.36 Å². The van der Waals surface area contributed by atoms with E-state index in [1.165, 1.54) is 17.8 Å². The van der Waals surface area contributed by atoms with Crippen LogP contribution in [0.1, 0.15) is 11.3 Å². The van der Waals surface area contributed by atoms with Crippen LogP contribution in [-0.2, 0) is 12.2 Å². The Morgan fingerprint density at radius 3 is 2.73 bits per heavy atom. The summed E-state index contributed by atoms with van der Waals surface area (Å²) in [5, 5.41) is 1.17. The minimum absolute atomic E-state index is 0.0733. The van der Waals surface area contributed by atoms with Gasteiger partial charge in [0.25, 0.3) is 5.56 Å². The first-order valence-electron chi connectivity index (χ1n) is 8.04. The molecule has 0 atom stereocenters. The van der Waals surface area contributed by atoms with Crippen molar-refractivity contribution in [2.24, 2.45) is 0 Å². The van der Waals surface area contributed by atoms with E-state index in [9.17, 15) is 9.18 Å². The number of nitrogens with zero attached hydrogens (tertiary/aromatic N) is 2. The Morgan fingerprint density at radius 2 is 1.96 bits per heavy atom. The van der Waals surface area contributed by atoms with Crippen LogP contribution in [0.25, 0.3) is 5.69 Å². The smallest absolute Gasteiger partial charge is 0.268 e. The third-order valence-corrected chi connectivity index (χ3v) is 6.41. The molecule has 26 heavy (non-hydrogen) atoms. The summed E-state index contributed by atoms with van der Waals surface area (Å²) in [5.41, 5.74) is 2.06. The average molecular weight is 405 g/mol. The largest absolute Gasteiger partial charge is 0.272 e. The standard InChI is InChI=1S/C19H14ClFN2OS2/c20-13-5-7-14(8-6-13)23-18(24)17-16(9-10-25-17)22-19(23)26-11-12-3-1-2-4-15(12)21/h1-8H,9-11H2. The maximum Gasteiger partial charge on any atom is 0.272 e. The molecule has 7 heteroatoms. The number of hydrogen-bond acceptors (Lipinski definition) is 4. The van der Waals surface area contributed by atoms with Gasteiger partial charge in [-0.15, -0.1) is 11.8 Å². The van der Waals surface area contributed by atoms with Gasteiger partial charge in [0.2, 0.25) is 0 Å². The van der Waals surface area contributed by atoms with Gasteiger partial charge in [0.1, 0.15) is 5.82 Å². The molecule has 1 aromatic heterocycles. The predicted octanol–water partition coefficient (Wildman–Crippen LogP) is 4.97. The second-order valence-electron chi connectivity index (χ2n) is 5.77. The molecule has 2 heterocycles. The number of halogens is 2. The van der Waals surface area contributed by atoms with Gasteiger partial charge in [0.05, 0.1) is 16.3 Å². The van der Waals surface area contributed by atoms with Crippen LogP contribution in [0.3, 0.4) is 0 Å². The second-order valence-corrected chi connectivity index (χ2v) is 8.25. The Bertz CT molecular complexity index is 1020. The molecule has 0 unspecified atom stereocenters. The third kappa shape index (κ3) is 3.41. The number of rotatable bonds is 4. The Labute approximate surface area is 163 Å². The third-order valence-electron chi connectivity index (χ3n) is 4.07. The Balaban J connectivity index is 1.78. The van der Waals surface area contributed by atoms with Crippen molar-refractivity contribution in [2.75, 3.05) is 5.75 Å². The van der Waals surface area contributed by atoms with Gasteiger partial charge in [0, 0.05) is 22.9 Å². The van der Waals surface area contributed by atoms with Crippen molar-refractivity contribution >= 4 is 35.1 Å². The van der Waals surface area contributed by atoms with Crippen LogP contribution in [0.5, 0.6) is 0 Å². The Hall–Kier alpha value is -1.76. The number of thioether (sulfide) groups is 2. The van der Waals surface area contributed by atoms with E-state index in [1.54, 1.807) is 58.8 Å². The van der Waals surface area contributed by atoms with Crippen LogP contribution in [0.15, 0.2) is 63.4 Å². The zero-order valence-corrected chi connectivity index (χ0v) is 16.0. The van der Waals surface area contributed by atoms with Crippen LogP contribution in [-0.4, -0.2) is 15.3 Å². The fourth-order valence-electron chi connectivity index (χ4n) is 2.76. The van der Waals surface area contributed by atoms with Crippen molar-refractivity contribution < 1.29 is 4.39 Å². The first-order valence-corrected chi connectivity index (χ1v) is 10.4. The number of hydrogen-bond donors (Lipinski definition) is 0. The summed E-state index contributed by atoms with van der Waals surface area (Å²) >= 11 is 8.88. The monoisotopic (exact) mass is 404 g/mol. The highest BCUT2D eigenvalue weighted by atomic mass is 35.5. The molecule has 0 N–H and O–H groups in total. The van der Waals surface area contributed by atoms with Crippen molar-refractivity contribution in [1.29, 1.82) is 0 Å². The van der Waals surface area contributed by atoms with E-state index in [1.807, 2.05) is 0 Å². The van der Waals surface area contributed by atoms with E-state index in [-0.39, 0.29) is 11.4 Å². The molecule has 1 aliphatic rings. The summed E-state index contributed by atoms with van der Waals surface area (Å²) in [7, 11) is 0. The molecule has 0 aliphatic carbocycles. The fraction of sp³-hybridized carbons (Fsp3) is 0.158. The Morgan fingerprint density at radius 1 is 1.19 bits per heavy atom. The molecule has 4 rings (SSSR count). The second kappa shape index (κ2) is 7.47. The van der Waals surface area contributed by atoms with Crippen molar-refractivity contribution in [3.63, 3.8) is 0 Å². The van der Waals surface area contributed by atoms with Crippen LogP contribution >= 0.6 is 35.1 Å². The number of benzene rings is 2.